The molecular weight excluding hydrogens is 429 g/mol. The van der Waals surface area contributed by atoms with Crippen LogP contribution in [-0.2, 0) is 21.8 Å². The van der Waals surface area contributed by atoms with E-state index in [1.807, 2.05) is 25.3 Å². The number of aromatic amines is 1. The molecule has 1 aromatic carbocycles. The third-order valence-corrected chi connectivity index (χ3v) is 6.26. The van der Waals surface area contributed by atoms with E-state index in [4.69, 9.17) is 9.47 Å². The molecule has 0 bridgehead atoms. The van der Waals surface area contributed by atoms with Gasteiger partial charge in [0.05, 0.1) is 12.7 Å². The summed E-state index contributed by atoms with van der Waals surface area (Å²) in [5, 5.41) is 1.11. The van der Waals surface area contributed by atoms with E-state index in [1.165, 1.54) is 36.9 Å². The molecule has 2 atom stereocenters. The Morgan fingerprint density at radius 3 is 2.94 bits per heavy atom. The quantitative estimate of drug-likeness (QED) is 0.469. The van der Waals surface area contributed by atoms with Crippen molar-refractivity contribution in [2.45, 2.75) is 43.7 Å². The molecule has 0 amide bonds. The van der Waals surface area contributed by atoms with Gasteiger partial charge in [0.1, 0.15) is 0 Å². The van der Waals surface area contributed by atoms with Crippen LogP contribution in [0.4, 0.5) is 0 Å². The van der Waals surface area contributed by atoms with E-state index >= 15 is 0 Å². The third kappa shape index (κ3) is 5.27. The van der Waals surface area contributed by atoms with E-state index in [2.05, 4.69) is 45.6 Å². The summed E-state index contributed by atoms with van der Waals surface area (Å²) >= 11 is 0. The first-order valence-corrected chi connectivity index (χ1v) is 11.0. The maximum atomic E-state index is 5.84. The number of para-hydroxylation sites is 1. The molecule has 3 aromatic rings. The summed E-state index contributed by atoms with van der Waals surface area (Å²) in [6.07, 6.45) is 9.53. The molecule has 1 saturated heterocycles. The van der Waals surface area contributed by atoms with Gasteiger partial charge in [0.25, 0.3) is 0 Å². The minimum absolute atomic E-state index is 0. The van der Waals surface area contributed by atoms with Crippen molar-refractivity contribution in [1.82, 2.24) is 14.9 Å². The molecule has 31 heavy (non-hydrogen) atoms. The summed E-state index contributed by atoms with van der Waals surface area (Å²) in [5.41, 5.74) is 3.52. The van der Waals surface area contributed by atoms with Crippen LogP contribution in [0.3, 0.4) is 0 Å². The maximum absolute atomic E-state index is 5.84. The SMILES string of the molecule is COC1CCCN(C2[CH-]c3ccccc3OC2)C1.[Mn+2].[c-]1ccnc2[nH]c(C3CC3)cc12. The van der Waals surface area contributed by atoms with E-state index in [1.54, 1.807) is 6.20 Å². The van der Waals surface area contributed by atoms with Gasteiger partial charge in [0.15, 0.2) is 0 Å². The number of piperidine rings is 1. The van der Waals surface area contributed by atoms with Crippen molar-refractivity contribution in [2.24, 2.45) is 0 Å². The Morgan fingerprint density at radius 1 is 1.26 bits per heavy atom. The molecule has 4 heterocycles. The summed E-state index contributed by atoms with van der Waals surface area (Å²) < 4.78 is 11.3. The predicted molar refractivity (Wildman–Crippen MR) is 118 cm³/mol. The largest absolute Gasteiger partial charge is 2.00 e. The molecule has 1 radical (unpaired) electrons. The van der Waals surface area contributed by atoms with Crippen LogP contribution in [0.5, 0.6) is 5.75 Å². The average molecular weight is 458 g/mol. The van der Waals surface area contributed by atoms with E-state index < -0.39 is 0 Å². The van der Waals surface area contributed by atoms with Crippen LogP contribution in [0.2, 0.25) is 0 Å². The Kier molecular flexibility index (Phi) is 7.23. The molecule has 1 aliphatic carbocycles. The van der Waals surface area contributed by atoms with Crippen molar-refractivity contribution in [2.75, 3.05) is 26.8 Å². The molecule has 0 spiro atoms. The topological polar surface area (TPSA) is 50.4 Å². The summed E-state index contributed by atoms with van der Waals surface area (Å²) in [5.74, 6) is 1.78. The first kappa shape index (κ1) is 22.2. The molecule has 2 unspecified atom stereocenters. The average Bonchev–Trinajstić information content (AvgIpc) is 3.58. The molecular formula is C25H29MnN3O2. The number of benzene rings is 1. The summed E-state index contributed by atoms with van der Waals surface area (Å²) in [7, 11) is 1.81. The Morgan fingerprint density at radius 2 is 2.13 bits per heavy atom. The number of likely N-dealkylation sites (tertiary alicyclic amines) is 1. The standard InChI is InChI=1S/C15H20NO2.C10H9N2.Mn/c1-17-14-6-4-8-16(10-14)13-9-12-5-2-3-7-15(12)18-11-13;1-2-8-6-9(7-3-4-7)12-10(8)11-5-1;/h2-3,5,7,9,13-14H,4,6,8,10-11H2,1H3;1,5-7H,3-4H2,(H,11,12);/q2*-1;+2. The molecule has 3 aliphatic rings. The number of nitrogens with zero attached hydrogens (tertiary/aromatic N) is 2. The number of fused-ring (bicyclic) bond motifs is 2. The smallest absolute Gasteiger partial charge is 0.550 e. The number of nitrogens with one attached hydrogen (secondary N) is 1. The van der Waals surface area contributed by atoms with Gasteiger partial charge in [-0.15, -0.1) is 35.2 Å². The van der Waals surface area contributed by atoms with E-state index in [0.29, 0.717) is 12.1 Å². The zero-order valence-corrected chi connectivity index (χ0v) is 19.1. The van der Waals surface area contributed by atoms with Crippen LogP contribution in [0.25, 0.3) is 11.0 Å². The minimum atomic E-state index is 0. The van der Waals surface area contributed by atoms with Crippen LogP contribution < -0.4 is 4.74 Å². The summed E-state index contributed by atoms with van der Waals surface area (Å²) in [6.45, 7) is 2.92. The van der Waals surface area contributed by atoms with Crippen molar-refractivity contribution in [1.29, 1.82) is 0 Å². The van der Waals surface area contributed by atoms with Crippen molar-refractivity contribution >= 4 is 11.0 Å². The second-order valence-electron chi connectivity index (χ2n) is 8.43. The molecule has 1 N–H and O–H groups in total. The van der Waals surface area contributed by atoms with Crippen LogP contribution in [0.1, 0.15) is 42.9 Å². The van der Waals surface area contributed by atoms with Gasteiger partial charge in [0, 0.05) is 31.1 Å². The van der Waals surface area contributed by atoms with Gasteiger partial charge >= 0.3 is 17.1 Å². The normalized spacial score (nSPS) is 22.9. The fourth-order valence-corrected chi connectivity index (χ4v) is 4.38. The van der Waals surface area contributed by atoms with Crippen LogP contribution >= 0.6 is 0 Å². The van der Waals surface area contributed by atoms with Gasteiger partial charge < -0.3 is 24.3 Å². The minimum Gasteiger partial charge on any atom is -0.550 e. The van der Waals surface area contributed by atoms with Crippen LogP contribution in [0, 0.1) is 12.5 Å². The van der Waals surface area contributed by atoms with Gasteiger partial charge in [-0.2, -0.15) is 12.5 Å². The van der Waals surface area contributed by atoms with Gasteiger partial charge in [-0.05, 0) is 43.8 Å². The van der Waals surface area contributed by atoms with Crippen molar-refractivity contribution < 1.29 is 26.5 Å². The van der Waals surface area contributed by atoms with Gasteiger partial charge in [0.2, 0.25) is 0 Å². The second kappa shape index (κ2) is 10.1. The van der Waals surface area contributed by atoms with E-state index in [9.17, 15) is 0 Å². The Labute approximate surface area is 195 Å². The Hall–Kier alpha value is -1.98. The van der Waals surface area contributed by atoms with Crippen molar-refractivity contribution in [3.63, 3.8) is 0 Å². The Bertz CT molecular complexity index is 955. The van der Waals surface area contributed by atoms with Gasteiger partial charge in [-0.1, -0.05) is 18.3 Å². The monoisotopic (exact) mass is 458 g/mol. The summed E-state index contributed by atoms with van der Waals surface area (Å²) in [4.78, 5) is 10.0. The number of methoxy groups -OCH3 is 1. The first-order chi connectivity index (χ1) is 14.8. The Balaban J connectivity index is 0.000000155. The third-order valence-electron chi connectivity index (χ3n) is 6.26. The predicted octanol–water partition coefficient (Wildman–Crippen LogP) is 4.35. The zero-order valence-electron chi connectivity index (χ0n) is 17.9. The maximum Gasteiger partial charge on any atom is 2.00 e. The fraction of sp³-hybridized carbons (Fsp3) is 0.440. The number of pyridine rings is 1. The number of hydrogen-bond acceptors (Lipinski definition) is 4. The number of rotatable bonds is 3. The number of aromatic nitrogens is 2. The second-order valence-corrected chi connectivity index (χ2v) is 8.43. The van der Waals surface area contributed by atoms with Crippen molar-refractivity contribution in [3.05, 3.63) is 66.3 Å². The molecule has 2 aromatic heterocycles. The van der Waals surface area contributed by atoms with E-state index in [-0.39, 0.29) is 17.1 Å². The summed E-state index contributed by atoms with van der Waals surface area (Å²) in [6, 6.07) is 15.8. The number of H-pyrrole nitrogens is 1. The first-order valence-electron chi connectivity index (χ1n) is 11.0. The molecule has 6 rings (SSSR count). The molecule has 6 heteroatoms. The van der Waals surface area contributed by atoms with Gasteiger partial charge in [-0.3, -0.25) is 0 Å². The molecule has 1 saturated carbocycles. The fourth-order valence-electron chi connectivity index (χ4n) is 4.38. The number of ether oxygens (including phenoxy) is 2. The van der Waals surface area contributed by atoms with Crippen LogP contribution in [0.15, 0.2) is 42.6 Å². The molecule has 5 nitrogen and oxygen atoms in total. The number of hydrogen-bond donors (Lipinski definition) is 1. The molecule has 163 valence electrons. The van der Waals surface area contributed by atoms with Crippen LogP contribution in [-0.4, -0.2) is 53.8 Å². The van der Waals surface area contributed by atoms with E-state index in [0.717, 1.165) is 42.4 Å². The molecule has 2 aliphatic heterocycles. The zero-order chi connectivity index (χ0) is 20.3. The van der Waals surface area contributed by atoms with Crippen molar-refractivity contribution in [3.8, 4) is 5.75 Å². The van der Waals surface area contributed by atoms with Gasteiger partial charge in [-0.25, -0.2) is 0 Å². The molecule has 2 fully saturated rings.